The quantitative estimate of drug-likeness (QED) is 0.801. The van der Waals surface area contributed by atoms with Crippen molar-refractivity contribution in [3.05, 3.63) is 29.8 Å². The van der Waals surface area contributed by atoms with Gasteiger partial charge in [0.2, 0.25) is 10.0 Å². The summed E-state index contributed by atoms with van der Waals surface area (Å²) in [7, 11) is -3.72. The Balaban J connectivity index is 1.71. The van der Waals surface area contributed by atoms with E-state index >= 15 is 0 Å². The Morgan fingerprint density at radius 3 is 2.80 bits per heavy atom. The van der Waals surface area contributed by atoms with Gasteiger partial charge in [0.05, 0.1) is 17.1 Å². The van der Waals surface area contributed by atoms with Gasteiger partial charge in [0.15, 0.2) is 6.10 Å². The third kappa shape index (κ3) is 3.64. The lowest BCUT2D eigenvalue weighted by molar-refractivity contribution is -0.122. The van der Waals surface area contributed by atoms with Gasteiger partial charge in [-0.05, 0) is 39.0 Å². The first-order chi connectivity index (χ1) is 11.8. The van der Waals surface area contributed by atoms with Crippen molar-refractivity contribution in [2.75, 3.05) is 11.9 Å². The summed E-state index contributed by atoms with van der Waals surface area (Å²) in [5, 5.41) is 6.82. The molecule has 134 valence electrons. The zero-order valence-corrected chi connectivity index (χ0v) is 14.9. The van der Waals surface area contributed by atoms with E-state index in [4.69, 9.17) is 4.74 Å². The molecule has 10 heteroatoms. The van der Waals surface area contributed by atoms with Crippen LogP contribution in [-0.4, -0.2) is 41.7 Å². The third-order valence-electron chi connectivity index (χ3n) is 3.77. The first kappa shape index (κ1) is 17.4. The number of fused-ring (bicyclic) bond motifs is 1. The highest BCUT2D eigenvalue weighted by Gasteiger charge is 2.25. The van der Waals surface area contributed by atoms with Crippen LogP contribution in [0.3, 0.4) is 0 Å². The molecule has 0 radical (unpaired) electrons. The van der Waals surface area contributed by atoms with Crippen LogP contribution < -0.4 is 14.8 Å². The first-order valence-electron chi connectivity index (χ1n) is 7.75. The van der Waals surface area contributed by atoms with Gasteiger partial charge in [-0.15, -0.1) is 0 Å². The summed E-state index contributed by atoms with van der Waals surface area (Å²) in [6.45, 7) is 5.75. The van der Waals surface area contributed by atoms with Crippen LogP contribution in [0.5, 0.6) is 5.75 Å². The minimum atomic E-state index is -3.72. The number of sulfonamides is 1. The van der Waals surface area contributed by atoms with Crippen molar-refractivity contribution in [2.24, 2.45) is 0 Å². The van der Waals surface area contributed by atoms with Gasteiger partial charge >= 0.3 is 0 Å². The van der Waals surface area contributed by atoms with E-state index in [9.17, 15) is 13.2 Å². The highest BCUT2D eigenvalue weighted by Crippen LogP contribution is 2.31. The molecule has 1 aromatic carbocycles. The molecule has 2 heterocycles. The number of anilines is 1. The van der Waals surface area contributed by atoms with Gasteiger partial charge in [-0.2, -0.15) is 5.10 Å². The number of hydrogen-bond donors (Lipinski definition) is 2. The van der Waals surface area contributed by atoms with Crippen molar-refractivity contribution in [3.8, 4) is 5.75 Å². The summed E-state index contributed by atoms with van der Waals surface area (Å²) >= 11 is 0. The van der Waals surface area contributed by atoms with Gasteiger partial charge in [0.25, 0.3) is 5.91 Å². The van der Waals surface area contributed by atoms with Crippen molar-refractivity contribution in [1.82, 2.24) is 19.5 Å². The van der Waals surface area contributed by atoms with Crippen LogP contribution >= 0.6 is 0 Å². The minimum absolute atomic E-state index is 0.0520. The van der Waals surface area contributed by atoms with Gasteiger partial charge in [0, 0.05) is 6.54 Å². The second kappa shape index (κ2) is 6.45. The lowest BCUT2D eigenvalue weighted by Crippen LogP contribution is -2.34. The number of ether oxygens (including phenoxy) is 1. The number of aryl methyl sites for hydroxylation is 2. The highest BCUT2D eigenvalue weighted by atomic mass is 32.2. The maximum atomic E-state index is 12.4. The third-order valence-corrected chi connectivity index (χ3v) is 5.23. The molecule has 1 aliphatic rings. The number of carbonyl (C=O) groups excluding carboxylic acids is 1. The van der Waals surface area contributed by atoms with E-state index < -0.39 is 16.1 Å². The number of carbonyl (C=O) groups is 1. The summed E-state index contributed by atoms with van der Waals surface area (Å²) in [4.78, 5) is 15.9. The number of aromatic nitrogens is 3. The fraction of sp³-hybridized carbons (Fsp3) is 0.400. The van der Waals surface area contributed by atoms with Crippen LogP contribution in [0.15, 0.2) is 23.1 Å². The Morgan fingerprint density at radius 1 is 1.36 bits per heavy atom. The van der Waals surface area contributed by atoms with Gasteiger partial charge < -0.3 is 10.1 Å². The second-order valence-electron chi connectivity index (χ2n) is 5.73. The molecule has 0 unspecified atom stereocenters. The van der Waals surface area contributed by atoms with Crippen molar-refractivity contribution >= 4 is 21.6 Å². The normalized spacial score (nSPS) is 16.9. The van der Waals surface area contributed by atoms with Gasteiger partial charge in [-0.3, -0.25) is 4.79 Å². The predicted molar refractivity (Wildman–Crippen MR) is 89.8 cm³/mol. The summed E-state index contributed by atoms with van der Waals surface area (Å²) in [5.41, 5.74) is 0.341. The maximum absolute atomic E-state index is 12.4. The molecule has 3 rings (SSSR count). The summed E-state index contributed by atoms with van der Waals surface area (Å²) in [6, 6.07) is 4.35. The number of nitrogens with one attached hydrogen (secondary N) is 2. The van der Waals surface area contributed by atoms with E-state index in [1.165, 1.54) is 18.2 Å². The van der Waals surface area contributed by atoms with E-state index in [0.29, 0.717) is 23.8 Å². The minimum Gasteiger partial charge on any atom is -0.479 e. The van der Waals surface area contributed by atoms with E-state index in [2.05, 4.69) is 20.1 Å². The van der Waals surface area contributed by atoms with Crippen LogP contribution in [0.2, 0.25) is 0 Å². The van der Waals surface area contributed by atoms with E-state index in [-0.39, 0.29) is 17.3 Å². The van der Waals surface area contributed by atoms with Gasteiger partial charge in [0.1, 0.15) is 17.4 Å². The molecule has 9 nitrogen and oxygen atoms in total. The molecule has 0 bridgehead atoms. The lowest BCUT2D eigenvalue weighted by Gasteiger charge is -2.23. The van der Waals surface area contributed by atoms with E-state index in [1.807, 2.05) is 6.92 Å². The van der Waals surface area contributed by atoms with Crippen molar-refractivity contribution in [1.29, 1.82) is 0 Å². The molecule has 1 atom stereocenters. The Hall–Kier alpha value is -2.46. The molecule has 0 saturated carbocycles. The molecule has 2 aromatic rings. The number of rotatable bonds is 5. The largest absolute Gasteiger partial charge is 0.479 e. The molecule has 1 amide bonds. The first-order valence-corrected chi connectivity index (χ1v) is 9.24. The van der Waals surface area contributed by atoms with Crippen LogP contribution in [0, 0.1) is 13.8 Å². The molecule has 0 spiro atoms. The number of benzene rings is 1. The van der Waals surface area contributed by atoms with Crippen LogP contribution in [0.1, 0.15) is 18.6 Å². The zero-order chi connectivity index (χ0) is 18.2. The number of amides is 1. The fourth-order valence-electron chi connectivity index (χ4n) is 2.50. The van der Waals surface area contributed by atoms with Crippen molar-refractivity contribution in [2.45, 2.75) is 38.3 Å². The van der Waals surface area contributed by atoms with Crippen LogP contribution in [0.4, 0.5) is 5.69 Å². The monoisotopic (exact) mass is 365 g/mol. The maximum Gasteiger partial charge on any atom is 0.265 e. The summed E-state index contributed by atoms with van der Waals surface area (Å²) in [5.74, 6) is 1.49. The Kier molecular flexibility index (Phi) is 4.48. The predicted octanol–water partition coefficient (Wildman–Crippen LogP) is 0.593. The molecular formula is C15H19N5O4S. The lowest BCUT2D eigenvalue weighted by atomic mass is 10.2. The topological polar surface area (TPSA) is 115 Å². The van der Waals surface area contributed by atoms with Crippen molar-refractivity contribution < 1.29 is 17.9 Å². The van der Waals surface area contributed by atoms with E-state index in [1.54, 1.807) is 18.5 Å². The molecule has 1 aromatic heterocycles. The molecule has 0 fully saturated rings. The molecule has 1 aliphatic heterocycles. The van der Waals surface area contributed by atoms with Crippen LogP contribution in [0.25, 0.3) is 0 Å². The summed E-state index contributed by atoms with van der Waals surface area (Å²) in [6.07, 6.45) is -0.609. The second-order valence-corrected chi connectivity index (χ2v) is 7.50. The SMILES string of the molecule is Cc1nc(C)n(CCNS(=O)(=O)c2ccc3c(c2)NC(=O)[C@@H](C)O3)n1. The molecule has 0 aliphatic carbocycles. The molecule has 2 N–H and O–H groups in total. The number of nitrogens with zero attached hydrogens (tertiary/aromatic N) is 3. The van der Waals surface area contributed by atoms with Crippen LogP contribution in [-0.2, 0) is 21.4 Å². The Bertz CT molecular complexity index is 922. The fourth-order valence-corrected chi connectivity index (χ4v) is 3.54. The van der Waals surface area contributed by atoms with Crippen molar-refractivity contribution in [3.63, 3.8) is 0 Å². The average Bonchev–Trinajstić information content (AvgIpc) is 2.85. The summed E-state index contributed by atoms with van der Waals surface area (Å²) < 4.78 is 34.4. The number of hydrogen-bond acceptors (Lipinski definition) is 6. The molecule has 0 saturated heterocycles. The standard InChI is InChI=1S/C15H19N5O4S/c1-9-15(21)18-13-8-12(4-5-14(13)24-9)25(22,23)16-6-7-20-11(3)17-10(2)19-20/h4-5,8-9,16H,6-7H2,1-3H3,(H,18,21)/t9-/m1/s1. The Morgan fingerprint density at radius 2 is 2.12 bits per heavy atom. The van der Waals surface area contributed by atoms with E-state index in [0.717, 1.165) is 5.82 Å². The average molecular weight is 365 g/mol. The van der Waals surface area contributed by atoms with Gasteiger partial charge in [-0.1, -0.05) is 0 Å². The molecule has 25 heavy (non-hydrogen) atoms. The van der Waals surface area contributed by atoms with Gasteiger partial charge in [-0.25, -0.2) is 22.8 Å². The smallest absolute Gasteiger partial charge is 0.265 e. The molecular weight excluding hydrogens is 346 g/mol. The Labute approximate surface area is 145 Å². The zero-order valence-electron chi connectivity index (χ0n) is 14.1. The highest BCUT2D eigenvalue weighted by molar-refractivity contribution is 7.89.